The first kappa shape index (κ1) is 20.6. The van der Waals surface area contributed by atoms with Gasteiger partial charge in [0.15, 0.2) is 0 Å². The van der Waals surface area contributed by atoms with E-state index in [-0.39, 0.29) is 0 Å². The number of benzene rings is 2. The highest BCUT2D eigenvalue weighted by atomic mass is 15.3. The highest BCUT2D eigenvalue weighted by Crippen LogP contribution is 2.32. The zero-order valence-corrected chi connectivity index (χ0v) is 18.9. The lowest BCUT2D eigenvalue weighted by Crippen LogP contribution is -2.29. The van der Waals surface area contributed by atoms with Crippen molar-refractivity contribution in [3.63, 3.8) is 0 Å². The van der Waals surface area contributed by atoms with Gasteiger partial charge in [0.05, 0.1) is 17.9 Å². The van der Waals surface area contributed by atoms with Crippen molar-refractivity contribution in [1.82, 2.24) is 25.1 Å². The molecular weight excluding hydrogens is 420 g/mol. The summed E-state index contributed by atoms with van der Waals surface area (Å²) in [7, 11) is 0. The fourth-order valence-electron chi connectivity index (χ4n) is 4.69. The molecule has 6 rings (SSSR count). The highest BCUT2D eigenvalue weighted by Gasteiger charge is 2.17. The number of anilines is 1. The predicted molar refractivity (Wildman–Crippen MR) is 137 cm³/mol. The molecule has 3 N–H and O–H groups in total. The molecule has 168 valence electrons. The van der Waals surface area contributed by atoms with Gasteiger partial charge in [0.2, 0.25) is 0 Å². The summed E-state index contributed by atoms with van der Waals surface area (Å²) in [5.41, 5.74) is 12.4. The number of nitrogen functional groups attached to an aromatic ring is 1. The van der Waals surface area contributed by atoms with Gasteiger partial charge >= 0.3 is 0 Å². The Balaban J connectivity index is 1.36. The normalized spacial score (nSPS) is 14.5. The topological polar surface area (TPSA) is 81.6 Å². The zero-order valence-electron chi connectivity index (χ0n) is 18.9. The van der Waals surface area contributed by atoms with Gasteiger partial charge in [-0.2, -0.15) is 5.10 Å². The number of aromatic nitrogens is 4. The van der Waals surface area contributed by atoms with Crippen molar-refractivity contribution in [2.24, 2.45) is 0 Å². The minimum atomic E-state index is 0.442. The van der Waals surface area contributed by atoms with Crippen LogP contribution in [0.5, 0.6) is 0 Å². The van der Waals surface area contributed by atoms with Gasteiger partial charge < -0.3 is 11.1 Å². The number of piperidine rings is 1. The molecule has 0 bridgehead atoms. The Labute approximate surface area is 198 Å². The first-order valence-electron chi connectivity index (χ1n) is 11.7. The summed E-state index contributed by atoms with van der Waals surface area (Å²) in [4.78, 5) is 9.20. The Morgan fingerprint density at radius 2 is 1.62 bits per heavy atom. The lowest BCUT2D eigenvalue weighted by atomic mass is 10.0. The largest absolute Gasteiger partial charge is 0.383 e. The summed E-state index contributed by atoms with van der Waals surface area (Å²) in [6.45, 7) is 2.07. The van der Waals surface area contributed by atoms with Crippen LogP contribution >= 0.6 is 0 Å². The molecule has 0 aliphatic carbocycles. The third-order valence-corrected chi connectivity index (χ3v) is 6.64. The zero-order chi connectivity index (χ0) is 22.9. The monoisotopic (exact) mass is 446 g/mol. The summed E-state index contributed by atoms with van der Waals surface area (Å²) in [6.07, 6.45) is 9.94. The first-order chi connectivity index (χ1) is 16.7. The minimum absolute atomic E-state index is 0.442. The van der Waals surface area contributed by atoms with Crippen molar-refractivity contribution in [2.75, 3.05) is 18.8 Å². The number of nitrogens with zero attached hydrogens (tertiary/aromatic N) is 4. The van der Waals surface area contributed by atoms with Crippen LogP contribution < -0.4 is 11.1 Å². The van der Waals surface area contributed by atoms with E-state index in [1.165, 1.54) is 11.1 Å². The summed E-state index contributed by atoms with van der Waals surface area (Å²) in [5.74, 6) is 0.473. The van der Waals surface area contributed by atoms with E-state index in [1.807, 2.05) is 24.7 Å². The van der Waals surface area contributed by atoms with E-state index in [0.717, 1.165) is 59.1 Å². The minimum Gasteiger partial charge on any atom is -0.383 e. The van der Waals surface area contributed by atoms with Crippen molar-refractivity contribution in [2.45, 2.75) is 18.9 Å². The molecule has 1 aliphatic rings. The number of nitrogens with two attached hydrogens (primary N) is 1. The predicted octanol–water partition coefficient (Wildman–Crippen LogP) is 5.33. The second-order valence-electron chi connectivity index (χ2n) is 8.84. The van der Waals surface area contributed by atoms with Crippen LogP contribution in [0.1, 0.15) is 18.9 Å². The van der Waals surface area contributed by atoms with Crippen molar-refractivity contribution in [1.29, 1.82) is 0 Å². The van der Waals surface area contributed by atoms with Gasteiger partial charge in [-0.25, -0.2) is 4.98 Å². The summed E-state index contributed by atoms with van der Waals surface area (Å²) >= 11 is 0. The van der Waals surface area contributed by atoms with E-state index in [9.17, 15) is 0 Å². The van der Waals surface area contributed by atoms with E-state index in [1.54, 1.807) is 0 Å². The van der Waals surface area contributed by atoms with Crippen LogP contribution in [-0.2, 0) is 0 Å². The molecule has 4 heterocycles. The Kier molecular flexibility index (Phi) is 5.28. The Morgan fingerprint density at radius 1 is 0.765 bits per heavy atom. The summed E-state index contributed by atoms with van der Waals surface area (Å²) in [6, 6.07) is 21.5. The molecule has 2 aromatic carbocycles. The highest BCUT2D eigenvalue weighted by molar-refractivity contribution is 5.90. The maximum Gasteiger partial charge on any atom is 0.132 e. The Morgan fingerprint density at radius 3 is 2.47 bits per heavy atom. The van der Waals surface area contributed by atoms with Crippen molar-refractivity contribution in [3.8, 4) is 33.5 Å². The van der Waals surface area contributed by atoms with Crippen molar-refractivity contribution >= 4 is 16.6 Å². The van der Waals surface area contributed by atoms with Gasteiger partial charge in [-0.15, -0.1) is 0 Å². The van der Waals surface area contributed by atoms with Gasteiger partial charge in [0.1, 0.15) is 5.82 Å². The summed E-state index contributed by atoms with van der Waals surface area (Å²) < 4.78 is 2.09. The van der Waals surface area contributed by atoms with E-state index in [4.69, 9.17) is 10.7 Å². The lowest BCUT2D eigenvalue weighted by Gasteiger charge is -2.22. The van der Waals surface area contributed by atoms with E-state index in [0.29, 0.717) is 11.9 Å². The average Bonchev–Trinajstić information content (AvgIpc) is 3.40. The van der Waals surface area contributed by atoms with Crippen LogP contribution in [0.25, 0.3) is 44.3 Å². The average molecular weight is 447 g/mol. The van der Waals surface area contributed by atoms with E-state index in [2.05, 4.69) is 80.9 Å². The van der Waals surface area contributed by atoms with Crippen LogP contribution in [-0.4, -0.2) is 32.8 Å². The quantitative estimate of drug-likeness (QED) is 0.390. The molecule has 6 heteroatoms. The number of pyridine rings is 2. The molecule has 1 aliphatic heterocycles. The molecule has 1 fully saturated rings. The van der Waals surface area contributed by atoms with Crippen LogP contribution in [0.3, 0.4) is 0 Å². The van der Waals surface area contributed by atoms with E-state index >= 15 is 0 Å². The molecule has 0 radical (unpaired) electrons. The van der Waals surface area contributed by atoms with Crippen LogP contribution in [0, 0.1) is 0 Å². The molecule has 3 aromatic heterocycles. The molecule has 5 aromatic rings. The Bertz CT molecular complexity index is 1450. The van der Waals surface area contributed by atoms with Gasteiger partial charge in [0.25, 0.3) is 0 Å². The third kappa shape index (κ3) is 3.93. The molecule has 1 saturated heterocycles. The molecular formula is C28H26N6. The summed E-state index contributed by atoms with van der Waals surface area (Å²) in [5, 5.41) is 10.3. The Hall–Kier alpha value is -4.03. The maximum atomic E-state index is 6.31. The standard InChI is InChI=1S/C28H26N6/c29-28-26(13-23(16-32-28)24-17-33-34(18-24)25-8-10-30-11-9-25)27-14-22-12-20(6-7-21(22)15-31-27)19-4-2-1-3-5-19/h1-7,12-18,25,30H,8-11H2,(H2,29,32). The molecule has 0 atom stereocenters. The van der Waals surface area contributed by atoms with E-state index < -0.39 is 0 Å². The molecule has 6 nitrogen and oxygen atoms in total. The van der Waals surface area contributed by atoms with Crippen LogP contribution in [0.4, 0.5) is 5.82 Å². The van der Waals surface area contributed by atoms with Crippen molar-refractivity contribution < 1.29 is 0 Å². The van der Waals surface area contributed by atoms with Gasteiger partial charge in [-0.3, -0.25) is 9.67 Å². The number of nitrogens with one attached hydrogen (secondary N) is 1. The number of hydrogen-bond donors (Lipinski definition) is 2. The van der Waals surface area contributed by atoms with Gasteiger partial charge in [0, 0.05) is 40.7 Å². The second-order valence-corrected chi connectivity index (χ2v) is 8.84. The number of rotatable bonds is 4. The number of hydrogen-bond acceptors (Lipinski definition) is 5. The fraction of sp³-hybridized carbons (Fsp3) is 0.179. The van der Waals surface area contributed by atoms with Gasteiger partial charge in [-0.1, -0.05) is 42.5 Å². The molecule has 0 saturated carbocycles. The molecule has 34 heavy (non-hydrogen) atoms. The smallest absolute Gasteiger partial charge is 0.132 e. The van der Waals surface area contributed by atoms with Crippen molar-refractivity contribution in [3.05, 3.63) is 85.5 Å². The molecule has 0 amide bonds. The maximum absolute atomic E-state index is 6.31. The van der Waals surface area contributed by atoms with Gasteiger partial charge in [-0.05, 0) is 60.6 Å². The molecule has 0 spiro atoms. The number of fused-ring (bicyclic) bond motifs is 1. The molecule has 0 unspecified atom stereocenters. The third-order valence-electron chi connectivity index (χ3n) is 6.64. The fourth-order valence-corrected chi connectivity index (χ4v) is 4.69. The van der Waals surface area contributed by atoms with Crippen LogP contribution in [0.2, 0.25) is 0 Å². The first-order valence-corrected chi connectivity index (χ1v) is 11.7. The van der Waals surface area contributed by atoms with Crippen LogP contribution in [0.15, 0.2) is 85.5 Å². The lowest BCUT2D eigenvalue weighted by molar-refractivity contribution is 0.343. The second kappa shape index (κ2) is 8.72. The SMILES string of the molecule is Nc1ncc(-c2cnn(C3CCNCC3)c2)cc1-c1cc2cc(-c3ccccc3)ccc2cn1.